The van der Waals surface area contributed by atoms with Crippen molar-refractivity contribution in [1.29, 1.82) is 0 Å². The van der Waals surface area contributed by atoms with E-state index in [9.17, 15) is 0 Å². The van der Waals surface area contributed by atoms with Crippen LogP contribution in [0.4, 0.5) is 0 Å². The Morgan fingerprint density at radius 3 is 3.33 bits per heavy atom. The first-order valence-electron chi connectivity index (χ1n) is 5.36. The summed E-state index contributed by atoms with van der Waals surface area (Å²) in [4.78, 5) is 2.32. The molecule has 2 heterocycles. The highest BCUT2D eigenvalue weighted by molar-refractivity contribution is 7.07. The molecule has 1 saturated heterocycles. The molecule has 2 rings (SSSR count). The molecule has 0 spiro atoms. The average molecular weight is 226 g/mol. The van der Waals surface area contributed by atoms with Crippen molar-refractivity contribution in [2.75, 3.05) is 33.3 Å². The van der Waals surface area contributed by atoms with Crippen LogP contribution >= 0.6 is 11.3 Å². The van der Waals surface area contributed by atoms with Crippen LogP contribution in [0.15, 0.2) is 16.8 Å². The van der Waals surface area contributed by atoms with E-state index < -0.39 is 0 Å². The van der Waals surface area contributed by atoms with Gasteiger partial charge in [0.05, 0.1) is 12.7 Å². The summed E-state index contributed by atoms with van der Waals surface area (Å²) in [5.41, 5.74) is 1.36. The monoisotopic (exact) mass is 226 g/mol. The Kier molecular flexibility index (Phi) is 4.14. The van der Waals surface area contributed by atoms with E-state index in [4.69, 9.17) is 4.74 Å². The van der Waals surface area contributed by atoms with Crippen molar-refractivity contribution in [3.05, 3.63) is 22.4 Å². The number of ether oxygens (including phenoxy) is 1. The molecule has 0 saturated carbocycles. The molecule has 0 aliphatic carbocycles. The lowest BCUT2D eigenvalue weighted by Gasteiger charge is -2.30. The van der Waals surface area contributed by atoms with Crippen molar-refractivity contribution in [3.63, 3.8) is 0 Å². The Bertz CT molecular complexity index is 276. The van der Waals surface area contributed by atoms with Crippen LogP contribution < -0.4 is 5.32 Å². The molecule has 0 unspecified atom stereocenters. The van der Waals surface area contributed by atoms with Gasteiger partial charge in [0.1, 0.15) is 0 Å². The van der Waals surface area contributed by atoms with Crippen LogP contribution in [0.2, 0.25) is 0 Å². The molecule has 1 N–H and O–H groups in total. The maximum Gasteiger partial charge on any atom is 0.0826 e. The van der Waals surface area contributed by atoms with Gasteiger partial charge in [-0.1, -0.05) is 0 Å². The molecular weight excluding hydrogens is 208 g/mol. The molecule has 15 heavy (non-hydrogen) atoms. The van der Waals surface area contributed by atoms with Gasteiger partial charge in [-0.3, -0.25) is 0 Å². The lowest BCUT2D eigenvalue weighted by molar-refractivity contribution is -0.0182. The smallest absolute Gasteiger partial charge is 0.0826 e. The van der Waals surface area contributed by atoms with Gasteiger partial charge < -0.3 is 15.0 Å². The Morgan fingerprint density at radius 2 is 2.60 bits per heavy atom. The first-order chi connectivity index (χ1) is 7.34. The van der Waals surface area contributed by atoms with Gasteiger partial charge in [0.25, 0.3) is 0 Å². The van der Waals surface area contributed by atoms with Crippen molar-refractivity contribution in [2.24, 2.45) is 0 Å². The van der Waals surface area contributed by atoms with Crippen LogP contribution in [0.1, 0.15) is 5.56 Å². The molecule has 1 atom stereocenters. The average Bonchev–Trinajstić information content (AvgIpc) is 2.71. The highest BCUT2D eigenvalue weighted by Crippen LogP contribution is 2.06. The van der Waals surface area contributed by atoms with Gasteiger partial charge in [-0.2, -0.15) is 11.3 Å². The number of hydrogen-bond acceptors (Lipinski definition) is 4. The van der Waals surface area contributed by atoms with Crippen LogP contribution in [-0.4, -0.2) is 44.3 Å². The van der Waals surface area contributed by atoms with Crippen molar-refractivity contribution in [2.45, 2.75) is 12.6 Å². The Morgan fingerprint density at radius 1 is 1.67 bits per heavy atom. The van der Waals surface area contributed by atoms with Crippen LogP contribution in [0.3, 0.4) is 0 Å². The van der Waals surface area contributed by atoms with Crippen LogP contribution in [-0.2, 0) is 11.3 Å². The number of rotatable bonds is 4. The summed E-state index contributed by atoms with van der Waals surface area (Å²) >= 11 is 1.75. The summed E-state index contributed by atoms with van der Waals surface area (Å²) < 4.78 is 5.67. The molecule has 3 nitrogen and oxygen atoms in total. The largest absolute Gasteiger partial charge is 0.374 e. The van der Waals surface area contributed by atoms with E-state index in [2.05, 4.69) is 34.1 Å². The van der Waals surface area contributed by atoms with E-state index in [1.54, 1.807) is 11.3 Å². The minimum atomic E-state index is 0.349. The number of nitrogens with one attached hydrogen (secondary N) is 1. The normalized spacial score (nSPS) is 23.1. The summed E-state index contributed by atoms with van der Waals surface area (Å²) in [5.74, 6) is 0. The van der Waals surface area contributed by atoms with E-state index in [0.717, 1.165) is 32.8 Å². The van der Waals surface area contributed by atoms with E-state index in [1.807, 2.05) is 0 Å². The molecule has 84 valence electrons. The second-order valence-electron chi connectivity index (χ2n) is 4.02. The fraction of sp³-hybridized carbons (Fsp3) is 0.636. The van der Waals surface area contributed by atoms with Crippen LogP contribution in [0.25, 0.3) is 0 Å². The fourth-order valence-corrected chi connectivity index (χ4v) is 2.43. The van der Waals surface area contributed by atoms with Gasteiger partial charge in [-0.25, -0.2) is 0 Å². The number of nitrogens with zero attached hydrogens (tertiary/aromatic N) is 1. The molecule has 0 bridgehead atoms. The SMILES string of the molecule is CN1CCO[C@H](CNCc2ccsc2)C1. The zero-order valence-corrected chi connectivity index (χ0v) is 9.93. The molecule has 1 aliphatic rings. The van der Waals surface area contributed by atoms with Gasteiger partial charge in [-0.15, -0.1) is 0 Å². The zero-order valence-electron chi connectivity index (χ0n) is 9.11. The summed E-state index contributed by atoms with van der Waals surface area (Å²) in [5, 5.41) is 7.73. The topological polar surface area (TPSA) is 24.5 Å². The molecule has 0 radical (unpaired) electrons. The van der Waals surface area contributed by atoms with Gasteiger partial charge >= 0.3 is 0 Å². The second-order valence-corrected chi connectivity index (χ2v) is 4.80. The Hall–Kier alpha value is -0.420. The Balaban J connectivity index is 1.65. The lowest BCUT2D eigenvalue weighted by Crippen LogP contribution is -2.44. The number of thiophene rings is 1. The number of hydrogen-bond donors (Lipinski definition) is 1. The lowest BCUT2D eigenvalue weighted by atomic mass is 10.2. The molecule has 1 aromatic rings. The van der Waals surface area contributed by atoms with Crippen molar-refractivity contribution >= 4 is 11.3 Å². The summed E-state index contributed by atoms with van der Waals surface area (Å²) in [6.45, 7) is 4.85. The molecule has 0 aromatic carbocycles. The van der Waals surface area contributed by atoms with Crippen molar-refractivity contribution < 1.29 is 4.74 Å². The fourth-order valence-electron chi connectivity index (χ4n) is 1.76. The predicted molar refractivity (Wildman–Crippen MR) is 63.3 cm³/mol. The molecule has 1 fully saturated rings. The minimum Gasteiger partial charge on any atom is -0.374 e. The Labute approximate surface area is 95.0 Å². The maximum absolute atomic E-state index is 5.67. The van der Waals surface area contributed by atoms with Gasteiger partial charge in [0.2, 0.25) is 0 Å². The van der Waals surface area contributed by atoms with Gasteiger partial charge in [0, 0.05) is 26.2 Å². The van der Waals surface area contributed by atoms with Crippen LogP contribution in [0, 0.1) is 0 Å². The molecule has 1 aliphatic heterocycles. The third-order valence-corrected chi connectivity index (χ3v) is 3.36. The zero-order chi connectivity index (χ0) is 10.5. The van der Waals surface area contributed by atoms with E-state index in [1.165, 1.54) is 5.56 Å². The minimum absolute atomic E-state index is 0.349. The predicted octanol–water partition coefficient (Wildman–Crippen LogP) is 1.17. The van der Waals surface area contributed by atoms with E-state index in [-0.39, 0.29) is 0 Å². The first kappa shape index (κ1) is 11.1. The van der Waals surface area contributed by atoms with Gasteiger partial charge in [-0.05, 0) is 29.4 Å². The highest BCUT2D eigenvalue weighted by Gasteiger charge is 2.16. The van der Waals surface area contributed by atoms with Gasteiger partial charge in [0.15, 0.2) is 0 Å². The number of morpholine rings is 1. The summed E-state index contributed by atoms with van der Waals surface area (Å²) in [7, 11) is 2.15. The molecular formula is C11H18N2OS. The van der Waals surface area contributed by atoms with Crippen molar-refractivity contribution in [1.82, 2.24) is 10.2 Å². The highest BCUT2D eigenvalue weighted by atomic mass is 32.1. The van der Waals surface area contributed by atoms with E-state index in [0.29, 0.717) is 6.10 Å². The van der Waals surface area contributed by atoms with Crippen molar-refractivity contribution in [3.8, 4) is 0 Å². The standard InChI is InChI=1S/C11H18N2OS/c1-13-3-4-14-11(8-13)7-12-6-10-2-5-15-9-10/h2,5,9,11-12H,3-4,6-8H2,1H3/t11-/m1/s1. The maximum atomic E-state index is 5.67. The molecule has 1 aromatic heterocycles. The third-order valence-electron chi connectivity index (χ3n) is 2.62. The summed E-state index contributed by atoms with van der Waals surface area (Å²) in [6, 6.07) is 2.16. The quantitative estimate of drug-likeness (QED) is 0.834. The van der Waals surface area contributed by atoms with E-state index >= 15 is 0 Å². The van der Waals surface area contributed by atoms with Crippen LogP contribution in [0.5, 0.6) is 0 Å². The molecule has 0 amide bonds. The third kappa shape index (κ3) is 3.57. The molecule has 4 heteroatoms. The second kappa shape index (κ2) is 5.61. The summed E-state index contributed by atoms with van der Waals surface area (Å²) in [6.07, 6.45) is 0.349. The number of likely N-dealkylation sites (N-methyl/N-ethyl adjacent to an activating group) is 1. The first-order valence-corrected chi connectivity index (χ1v) is 6.31.